The van der Waals surface area contributed by atoms with E-state index in [0.717, 1.165) is 32.2 Å². The van der Waals surface area contributed by atoms with Crippen molar-refractivity contribution in [1.29, 1.82) is 0 Å². The molecule has 0 unspecified atom stereocenters. The molecule has 3 fully saturated rings. The number of benzene rings is 1. The molecule has 40 heavy (non-hydrogen) atoms. The molecule has 3 aromatic rings. The van der Waals surface area contributed by atoms with Gasteiger partial charge in [-0.25, -0.2) is 22.5 Å². The smallest absolute Gasteiger partial charge is 0.296 e. The number of imidazole rings is 1. The summed E-state index contributed by atoms with van der Waals surface area (Å²) in [6, 6.07) is 8.97. The van der Waals surface area contributed by atoms with Gasteiger partial charge in [0.1, 0.15) is 11.6 Å². The van der Waals surface area contributed by atoms with E-state index in [4.69, 9.17) is 9.72 Å². The van der Waals surface area contributed by atoms with Crippen LogP contribution in [0.1, 0.15) is 50.8 Å². The number of halogens is 4. The van der Waals surface area contributed by atoms with Gasteiger partial charge in [-0.15, -0.1) is 0 Å². The molecule has 12 heteroatoms. The number of piperidine rings is 1. The molecule has 1 aliphatic carbocycles. The molecule has 8 nitrogen and oxygen atoms in total. The highest BCUT2D eigenvalue weighted by Gasteiger charge is 2.38. The van der Waals surface area contributed by atoms with Crippen molar-refractivity contribution in [3.63, 3.8) is 0 Å². The Morgan fingerprint density at radius 3 is 2.48 bits per heavy atom. The minimum Gasteiger partial charge on any atom is -0.378 e. The number of fused-ring (bicyclic) bond motifs is 1. The van der Waals surface area contributed by atoms with Crippen molar-refractivity contribution in [1.82, 2.24) is 24.4 Å². The molecule has 2 saturated heterocycles. The molecule has 216 valence electrons. The summed E-state index contributed by atoms with van der Waals surface area (Å²) in [5.74, 6) is -1.25. The molecule has 3 aliphatic rings. The van der Waals surface area contributed by atoms with Crippen LogP contribution in [0.2, 0.25) is 0 Å². The van der Waals surface area contributed by atoms with E-state index in [2.05, 4.69) is 20.2 Å². The van der Waals surface area contributed by atoms with Crippen molar-refractivity contribution >= 4 is 22.8 Å². The highest BCUT2D eigenvalue weighted by Crippen LogP contribution is 2.34. The van der Waals surface area contributed by atoms with Gasteiger partial charge in [-0.1, -0.05) is 12.1 Å². The van der Waals surface area contributed by atoms with Gasteiger partial charge in [-0.2, -0.15) is 9.97 Å². The van der Waals surface area contributed by atoms with Gasteiger partial charge in [0.15, 0.2) is 5.82 Å². The lowest BCUT2D eigenvalue weighted by Gasteiger charge is -2.41. The first-order valence-corrected chi connectivity index (χ1v) is 14.2. The summed E-state index contributed by atoms with van der Waals surface area (Å²) in [4.78, 5) is 17.6. The molecule has 2 aliphatic heterocycles. The van der Waals surface area contributed by atoms with E-state index in [0.29, 0.717) is 73.8 Å². The van der Waals surface area contributed by atoms with Gasteiger partial charge in [-0.3, -0.25) is 9.47 Å². The normalized spacial score (nSPS) is 24.1. The van der Waals surface area contributed by atoms with Crippen LogP contribution in [0.15, 0.2) is 30.3 Å². The number of para-hydroxylation sites is 2. The first-order valence-electron chi connectivity index (χ1n) is 14.2. The molecule has 1 N–H and O–H groups in total. The lowest BCUT2D eigenvalue weighted by molar-refractivity contribution is -0.0794. The highest BCUT2D eigenvalue weighted by molar-refractivity contribution is 5.78. The lowest BCUT2D eigenvalue weighted by Crippen LogP contribution is -2.49. The molecule has 4 heterocycles. The van der Waals surface area contributed by atoms with Crippen LogP contribution in [-0.4, -0.2) is 82.3 Å². The van der Waals surface area contributed by atoms with Crippen LogP contribution in [-0.2, 0) is 4.74 Å². The number of ether oxygens (including phenoxy) is 1. The van der Waals surface area contributed by atoms with Crippen LogP contribution in [0, 0.1) is 5.92 Å². The first-order chi connectivity index (χ1) is 19.4. The van der Waals surface area contributed by atoms with Gasteiger partial charge in [-0.05, 0) is 56.7 Å². The van der Waals surface area contributed by atoms with Gasteiger partial charge in [0.2, 0.25) is 5.95 Å². The minimum absolute atomic E-state index is 0.0120. The number of likely N-dealkylation sites (tertiary alicyclic amines) is 1. The van der Waals surface area contributed by atoms with E-state index in [-0.39, 0.29) is 24.8 Å². The molecular weight excluding hydrogens is 526 g/mol. The summed E-state index contributed by atoms with van der Waals surface area (Å²) in [6.07, 6.45) is 1.40. The Kier molecular flexibility index (Phi) is 7.80. The minimum atomic E-state index is -2.78. The van der Waals surface area contributed by atoms with Crippen molar-refractivity contribution in [2.45, 2.75) is 56.9 Å². The summed E-state index contributed by atoms with van der Waals surface area (Å²) < 4.78 is 62.9. The fourth-order valence-corrected chi connectivity index (χ4v) is 6.26. The Labute approximate surface area is 230 Å². The monoisotopic (exact) mass is 561 g/mol. The Morgan fingerprint density at radius 1 is 0.975 bits per heavy atom. The van der Waals surface area contributed by atoms with Crippen molar-refractivity contribution in [2.24, 2.45) is 5.92 Å². The van der Waals surface area contributed by atoms with E-state index in [9.17, 15) is 17.6 Å². The second kappa shape index (κ2) is 11.5. The van der Waals surface area contributed by atoms with Gasteiger partial charge in [0.05, 0.1) is 30.8 Å². The van der Waals surface area contributed by atoms with Crippen LogP contribution >= 0.6 is 0 Å². The van der Waals surface area contributed by atoms with Gasteiger partial charge in [0, 0.05) is 38.2 Å². The zero-order valence-electron chi connectivity index (χ0n) is 22.4. The van der Waals surface area contributed by atoms with E-state index < -0.39 is 12.3 Å². The van der Waals surface area contributed by atoms with Crippen LogP contribution < -0.4 is 10.2 Å². The molecule has 0 spiro atoms. The number of nitrogens with one attached hydrogen (secondary N) is 1. The Morgan fingerprint density at radius 2 is 1.73 bits per heavy atom. The molecule has 0 radical (unpaired) electrons. The standard InChI is InChI=1S/C28H35F4N7O/c29-25(30)26-34-21-4-1-2-5-22(21)39(26)24-16-23(37-12-14-40-15-13-37)35-27(36-24)33-17-19-6-8-20(9-7-19)38-11-3-10-28(31,32)18-38/h1-2,4-5,16,19-20,25H,3,6-15,17-18H2,(H,33,35,36)/t19-,20+. The highest BCUT2D eigenvalue weighted by atomic mass is 19.3. The SMILES string of the molecule is FC(F)c1nc2ccccc2n1-c1cc(N2CCOCC2)nc(NC[C@H]2CC[C@@H](N3CCCC(F)(F)C3)CC2)n1. The van der Waals surface area contributed by atoms with E-state index in [1.807, 2.05) is 4.90 Å². The van der Waals surface area contributed by atoms with Crippen LogP contribution in [0.5, 0.6) is 0 Å². The Balaban J connectivity index is 1.21. The molecule has 6 rings (SSSR count). The van der Waals surface area contributed by atoms with Gasteiger partial charge in [0.25, 0.3) is 12.3 Å². The third kappa shape index (κ3) is 5.88. The number of morpholine rings is 1. The van der Waals surface area contributed by atoms with Crippen LogP contribution in [0.25, 0.3) is 16.9 Å². The molecular formula is C28H35F4N7O. The number of anilines is 2. The molecule has 0 atom stereocenters. The van der Waals surface area contributed by atoms with Crippen LogP contribution in [0.3, 0.4) is 0 Å². The predicted molar refractivity (Wildman–Crippen MR) is 145 cm³/mol. The molecule has 1 saturated carbocycles. The first kappa shape index (κ1) is 27.2. The van der Waals surface area contributed by atoms with Gasteiger partial charge >= 0.3 is 0 Å². The van der Waals surface area contributed by atoms with Crippen molar-refractivity contribution in [3.8, 4) is 5.82 Å². The predicted octanol–water partition coefficient (Wildman–Crippen LogP) is 5.29. The summed E-state index contributed by atoms with van der Waals surface area (Å²) in [5, 5.41) is 3.37. The fourth-order valence-electron chi connectivity index (χ4n) is 6.26. The van der Waals surface area contributed by atoms with Crippen molar-refractivity contribution in [3.05, 3.63) is 36.2 Å². The maximum Gasteiger partial charge on any atom is 0.296 e. The van der Waals surface area contributed by atoms with Crippen molar-refractivity contribution < 1.29 is 22.3 Å². The number of hydrogen-bond acceptors (Lipinski definition) is 7. The molecule has 1 aromatic carbocycles. The Hall–Kier alpha value is -2.99. The number of nitrogens with zero attached hydrogens (tertiary/aromatic N) is 6. The second-order valence-corrected chi connectivity index (χ2v) is 11.1. The topological polar surface area (TPSA) is 71.3 Å². The maximum atomic E-state index is 14.1. The molecule has 0 bridgehead atoms. The zero-order valence-corrected chi connectivity index (χ0v) is 22.4. The number of hydrogen-bond donors (Lipinski definition) is 1. The zero-order chi connectivity index (χ0) is 27.7. The van der Waals surface area contributed by atoms with Crippen molar-refractivity contribution in [2.75, 3.05) is 56.2 Å². The van der Waals surface area contributed by atoms with Crippen LogP contribution in [0.4, 0.5) is 29.3 Å². The maximum absolute atomic E-state index is 14.1. The summed E-state index contributed by atoms with van der Waals surface area (Å²) >= 11 is 0. The summed E-state index contributed by atoms with van der Waals surface area (Å²) in [6.45, 7) is 3.65. The summed E-state index contributed by atoms with van der Waals surface area (Å²) in [5.41, 5.74) is 1.03. The van der Waals surface area contributed by atoms with E-state index in [1.54, 1.807) is 30.3 Å². The number of rotatable bonds is 7. The van der Waals surface area contributed by atoms with Gasteiger partial charge < -0.3 is 15.0 Å². The largest absolute Gasteiger partial charge is 0.378 e. The molecule has 0 amide bonds. The average molecular weight is 562 g/mol. The van der Waals surface area contributed by atoms with E-state index in [1.165, 1.54) is 4.57 Å². The third-order valence-corrected chi connectivity index (χ3v) is 8.35. The number of aromatic nitrogens is 4. The average Bonchev–Trinajstić information content (AvgIpc) is 3.36. The lowest BCUT2D eigenvalue weighted by atomic mass is 9.84. The molecule has 2 aromatic heterocycles. The Bertz CT molecular complexity index is 1310. The van der Waals surface area contributed by atoms with E-state index >= 15 is 0 Å². The number of alkyl halides is 4. The summed E-state index contributed by atoms with van der Waals surface area (Å²) in [7, 11) is 0. The second-order valence-electron chi connectivity index (χ2n) is 11.1. The quantitative estimate of drug-likeness (QED) is 0.393. The fraction of sp³-hybridized carbons (Fsp3) is 0.607. The third-order valence-electron chi connectivity index (χ3n) is 8.35.